The molecule has 102 valence electrons. The Hall–Kier alpha value is -1.85. The first-order valence-corrected chi connectivity index (χ1v) is 5.74. The van der Waals surface area contributed by atoms with Gasteiger partial charge in [-0.15, -0.1) is 0 Å². The van der Waals surface area contributed by atoms with Gasteiger partial charge in [0.05, 0.1) is 5.56 Å². The van der Waals surface area contributed by atoms with Crippen molar-refractivity contribution < 1.29 is 23.0 Å². The van der Waals surface area contributed by atoms with E-state index in [2.05, 4.69) is 5.10 Å². The first-order chi connectivity index (χ1) is 8.68. The second-order valence-corrected chi connectivity index (χ2v) is 5.08. The third-order valence-electron chi connectivity index (χ3n) is 2.93. The topological polar surface area (TPSA) is 38.4 Å². The van der Waals surface area contributed by atoms with E-state index < -0.39 is 17.3 Å². The molecule has 3 nitrogen and oxygen atoms in total. The molecule has 0 spiro atoms. The second kappa shape index (κ2) is 4.36. The number of nitrogens with zero attached hydrogens (tertiary/aromatic N) is 2. The number of hydrogen-bond acceptors (Lipinski definition) is 2. The average Bonchev–Trinajstić information content (AvgIpc) is 2.51. The number of alkyl halides is 3. The average molecular weight is 270 g/mol. The highest BCUT2D eigenvalue weighted by Crippen LogP contribution is 2.29. The van der Waals surface area contributed by atoms with Gasteiger partial charge >= 0.3 is 6.18 Å². The molecule has 0 aliphatic carbocycles. The molecule has 0 radical (unpaired) electrons. The van der Waals surface area contributed by atoms with E-state index >= 15 is 0 Å². The summed E-state index contributed by atoms with van der Waals surface area (Å²) in [7, 11) is 0. The molecule has 0 aromatic heterocycles. The number of hydrogen-bond donors (Lipinski definition) is 0. The maximum Gasteiger partial charge on any atom is 0.416 e. The van der Waals surface area contributed by atoms with E-state index in [1.807, 2.05) is 13.8 Å². The molecule has 6 heteroatoms. The zero-order chi connectivity index (χ0) is 14.3. The van der Waals surface area contributed by atoms with Crippen LogP contribution in [0.5, 0.6) is 0 Å². The van der Waals surface area contributed by atoms with Crippen LogP contribution in [0.3, 0.4) is 0 Å². The minimum atomic E-state index is -4.34. The van der Waals surface area contributed by atoms with E-state index in [4.69, 9.17) is 0 Å². The van der Waals surface area contributed by atoms with Crippen molar-refractivity contribution in [3.05, 3.63) is 35.4 Å². The molecule has 0 fully saturated rings. The highest BCUT2D eigenvalue weighted by Gasteiger charge is 2.36. The van der Waals surface area contributed by atoms with Gasteiger partial charge in [0, 0.05) is 31.7 Å². The molecule has 1 heterocycles. The molecule has 1 aromatic carbocycles. The molecule has 1 aliphatic heterocycles. The Kier molecular flexibility index (Phi) is 3.12. The smallest absolute Gasteiger partial charge is 0.416 e. The van der Waals surface area contributed by atoms with E-state index in [0.717, 1.165) is 12.1 Å². The quantitative estimate of drug-likeness (QED) is 0.719. The zero-order valence-corrected chi connectivity index (χ0v) is 10.5. The van der Waals surface area contributed by atoms with Crippen LogP contribution in [-0.4, -0.2) is 22.3 Å². The van der Waals surface area contributed by atoms with E-state index in [1.54, 1.807) is 6.21 Å². The van der Waals surface area contributed by atoms with Gasteiger partial charge in [0.25, 0.3) is 0 Å². The Morgan fingerprint density at radius 3 is 2.26 bits per heavy atom. The number of benzene rings is 1. The van der Waals surface area contributed by atoms with Crippen molar-refractivity contribution in [3.8, 4) is 0 Å². The van der Waals surface area contributed by atoms with Crippen molar-refractivity contribution in [2.75, 3.05) is 0 Å². The van der Waals surface area contributed by atoms with Crippen molar-refractivity contribution in [1.29, 1.82) is 0 Å². The first-order valence-electron chi connectivity index (χ1n) is 5.74. The summed E-state index contributed by atoms with van der Waals surface area (Å²) < 4.78 is 38.7. The number of hydrazone groups is 1. The maximum atomic E-state index is 12.4. The monoisotopic (exact) mass is 270 g/mol. The zero-order valence-electron chi connectivity index (χ0n) is 10.5. The Morgan fingerprint density at radius 2 is 1.84 bits per heavy atom. The normalized spacial score (nSPS) is 20.7. The van der Waals surface area contributed by atoms with Crippen molar-refractivity contribution in [2.45, 2.75) is 32.0 Å². The summed E-state index contributed by atoms with van der Waals surface area (Å²) in [6.45, 7) is 3.70. The lowest BCUT2D eigenvalue weighted by molar-refractivity contribution is -0.591. The van der Waals surface area contributed by atoms with Crippen molar-refractivity contribution in [3.63, 3.8) is 0 Å². The standard InChI is InChI=1S/C13H13F3N2O/c1-12(2)7-11(19)17-18(12)8-9-3-5-10(6-4-9)13(14,15)16/h3-6,8H,7H2,1-2H3/b18-8+. The van der Waals surface area contributed by atoms with Crippen LogP contribution in [0.15, 0.2) is 29.4 Å². The molecule has 0 saturated carbocycles. The van der Waals surface area contributed by atoms with E-state index in [1.165, 1.54) is 16.8 Å². The Bertz CT molecular complexity index is 542. The first kappa shape index (κ1) is 13.6. The highest BCUT2D eigenvalue weighted by atomic mass is 19.4. The summed E-state index contributed by atoms with van der Waals surface area (Å²) in [6.07, 6.45) is -2.47. The predicted octanol–water partition coefficient (Wildman–Crippen LogP) is 1.99. The molecule has 1 aliphatic rings. The van der Waals surface area contributed by atoms with Gasteiger partial charge in [-0.05, 0) is 29.4 Å². The summed E-state index contributed by atoms with van der Waals surface area (Å²) in [5.41, 5.74) is -0.572. The Morgan fingerprint density at radius 1 is 1.26 bits per heavy atom. The van der Waals surface area contributed by atoms with Crippen LogP contribution < -0.4 is 5.11 Å². The SMILES string of the molecule is CC1(C)CC([O-])=N/[N+]1=C/c1ccc(C(F)(F)F)cc1. The summed E-state index contributed by atoms with van der Waals surface area (Å²) in [5, 5.41) is 15.1. The third-order valence-corrected chi connectivity index (χ3v) is 2.93. The van der Waals surface area contributed by atoms with Crippen LogP contribution >= 0.6 is 0 Å². The van der Waals surface area contributed by atoms with Gasteiger partial charge in [-0.25, -0.2) is 0 Å². The number of halogens is 3. The summed E-state index contributed by atoms with van der Waals surface area (Å²) >= 11 is 0. The van der Waals surface area contributed by atoms with Gasteiger partial charge in [0.2, 0.25) is 6.21 Å². The molecule has 0 amide bonds. The summed E-state index contributed by atoms with van der Waals surface area (Å²) in [5.74, 6) is -0.229. The van der Waals surface area contributed by atoms with Crippen LogP contribution in [0.2, 0.25) is 0 Å². The summed E-state index contributed by atoms with van der Waals surface area (Å²) in [6, 6.07) is 4.74. The van der Waals surface area contributed by atoms with E-state index in [9.17, 15) is 18.3 Å². The molecular weight excluding hydrogens is 257 g/mol. The second-order valence-electron chi connectivity index (χ2n) is 5.08. The fraction of sp³-hybridized carbons (Fsp3) is 0.385. The van der Waals surface area contributed by atoms with Crippen molar-refractivity contribution >= 4 is 12.1 Å². The van der Waals surface area contributed by atoms with Crippen LogP contribution in [0.4, 0.5) is 13.2 Å². The van der Waals surface area contributed by atoms with Gasteiger partial charge < -0.3 is 5.11 Å². The molecular formula is C13H13F3N2O. The predicted molar refractivity (Wildman–Crippen MR) is 63.0 cm³/mol. The van der Waals surface area contributed by atoms with E-state index in [-0.39, 0.29) is 5.90 Å². The minimum Gasteiger partial charge on any atom is -0.857 e. The van der Waals surface area contributed by atoms with Gasteiger partial charge in [-0.1, -0.05) is 4.68 Å². The van der Waals surface area contributed by atoms with Crippen LogP contribution in [0.1, 0.15) is 31.4 Å². The van der Waals surface area contributed by atoms with Gasteiger partial charge in [-0.2, -0.15) is 13.2 Å². The van der Waals surface area contributed by atoms with Gasteiger partial charge in [0.1, 0.15) is 0 Å². The molecule has 1 aromatic rings. The third kappa shape index (κ3) is 2.94. The molecule has 19 heavy (non-hydrogen) atoms. The van der Waals surface area contributed by atoms with Gasteiger partial charge in [0.15, 0.2) is 5.54 Å². The Balaban J connectivity index is 2.30. The lowest BCUT2D eigenvalue weighted by Crippen LogP contribution is -2.31. The number of rotatable bonds is 1. The fourth-order valence-electron chi connectivity index (χ4n) is 1.84. The van der Waals surface area contributed by atoms with Crippen molar-refractivity contribution in [1.82, 2.24) is 0 Å². The highest BCUT2D eigenvalue weighted by molar-refractivity contribution is 5.78. The van der Waals surface area contributed by atoms with E-state index in [0.29, 0.717) is 12.0 Å². The largest absolute Gasteiger partial charge is 0.857 e. The van der Waals surface area contributed by atoms with Crippen LogP contribution in [0.25, 0.3) is 0 Å². The molecule has 2 rings (SSSR count). The van der Waals surface area contributed by atoms with Crippen LogP contribution in [0, 0.1) is 0 Å². The van der Waals surface area contributed by atoms with Crippen molar-refractivity contribution in [2.24, 2.45) is 5.10 Å². The molecule has 0 N–H and O–H groups in total. The maximum absolute atomic E-state index is 12.4. The summed E-state index contributed by atoms with van der Waals surface area (Å²) in [4.78, 5) is 0. The van der Waals surface area contributed by atoms with Crippen LogP contribution in [-0.2, 0) is 6.18 Å². The fourth-order valence-corrected chi connectivity index (χ4v) is 1.84. The molecule has 0 unspecified atom stereocenters. The molecule has 0 bridgehead atoms. The lowest BCUT2D eigenvalue weighted by atomic mass is 10.0. The lowest BCUT2D eigenvalue weighted by Gasteiger charge is -2.11. The molecule has 0 saturated heterocycles. The van der Waals surface area contributed by atoms with Gasteiger partial charge in [-0.3, -0.25) is 0 Å². The minimum absolute atomic E-state index is 0.229. The molecule has 0 atom stereocenters. The Labute approximate surface area is 108 Å².